The van der Waals surface area contributed by atoms with E-state index in [4.69, 9.17) is 0 Å². The van der Waals surface area contributed by atoms with Crippen LogP contribution in [0.1, 0.15) is 20.8 Å². The van der Waals surface area contributed by atoms with Crippen LogP contribution in [0.2, 0.25) is 0 Å². The molecule has 0 aliphatic carbocycles. The van der Waals surface area contributed by atoms with Crippen LogP contribution >= 0.6 is 0 Å². The van der Waals surface area contributed by atoms with E-state index in [2.05, 4.69) is 5.18 Å². The lowest BCUT2D eigenvalue weighted by molar-refractivity contribution is 1.28. The second kappa shape index (κ2) is 4.01. The molecule has 0 amide bonds. The molecule has 0 rings (SSSR count). The molecule has 2 heteroatoms. The number of hydrogen-bond acceptors (Lipinski definition) is 2. The van der Waals surface area contributed by atoms with Gasteiger partial charge in [-0.25, -0.2) is 0 Å². The van der Waals surface area contributed by atoms with Crippen molar-refractivity contribution < 1.29 is 0 Å². The first kappa shape index (κ1) is 8.08. The fourth-order valence-electron chi connectivity index (χ4n) is 0.318. The van der Waals surface area contributed by atoms with Gasteiger partial charge in [0.1, 0.15) is 0 Å². The molecule has 0 heterocycles. The van der Waals surface area contributed by atoms with Crippen molar-refractivity contribution in [1.82, 2.24) is 0 Å². The van der Waals surface area contributed by atoms with Crippen LogP contribution in [0.5, 0.6) is 0 Å². The van der Waals surface area contributed by atoms with Crippen molar-refractivity contribution >= 4 is 0 Å². The zero-order valence-corrected chi connectivity index (χ0v) is 6.01. The van der Waals surface area contributed by atoms with Crippen molar-refractivity contribution in [2.75, 3.05) is 0 Å². The Labute approximate surface area is 55.2 Å². The predicted molar refractivity (Wildman–Crippen MR) is 39.0 cm³/mol. The van der Waals surface area contributed by atoms with Gasteiger partial charge in [-0.05, 0) is 32.0 Å². The maximum atomic E-state index is 9.77. The van der Waals surface area contributed by atoms with Crippen molar-refractivity contribution in [3.8, 4) is 0 Å². The zero-order chi connectivity index (χ0) is 7.28. The molecule has 0 N–H and O–H groups in total. The van der Waals surface area contributed by atoms with Gasteiger partial charge in [-0.2, -0.15) is 0 Å². The van der Waals surface area contributed by atoms with Crippen LogP contribution in [0.4, 0.5) is 0 Å². The third-order valence-electron chi connectivity index (χ3n) is 0.802. The molecule has 0 saturated carbocycles. The monoisotopic (exact) mass is 125 g/mol. The van der Waals surface area contributed by atoms with Gasteiger partial charge in [0.05, 0.1) is 5.70 Å². The van der Waals surface area contributed by atoms with Crippen LogP contribution in [-0.2, 0) is 0 Å². The normalized spacial score (nSPS) is 10.8. The first-order chi connectivity index (χ1) is 4.16. The molecule has 2 nitrogen and oxygen atoms in total. The fraction of sp³-hybridized carbons (Fsp3) is 0.429. The van der Waals surface area contributed by atoms with Gasteiger partial charge < -0.3 is 0 Å². The summed E-state index contributed by atoms with van der Waals surface area (Å²) in [4.78, 5) is 9.77. The zero-order valence-electron chi connectivity index (χ0n) is 6.01. The molecule has 0 unspecified atom stereocenters. The first-order valence-corrected chi connectivity index (χ1v) is 2.82. The van der Waals surface area contributed by atoms with E-state index >= 15 is 0 Å². The minimum atomic E-state index is 0.510. The summed E-state index contributed by atoms with van der Waals surface area (Å²) in [5.41, 5.74) is 1.68. The number of nitrogens with zero attached hydrogens (tertiary/aromatic N) is 1. The van der Waals surface area contributed by atoms with Gasteiger partial charge in [0.25, 0.3) is 0 Å². The number of allylic oxidation sites excluding steroid dienone is 4. The number of rotatable bonds is 2. The molecule has 0 aromatic carbocycles. The first-order valence-electron chi connectivity index (χ1n) is 2.82. The summed E-state index contributed by atoms with van der Waals surface area (Å²) in [6.07, 6.45) is 3.55. The van der Waals surface area contributed by atoms with Crippen molar-refractivity contribution in [2.24, 2.45) is 5.18 Å². The van der Waals surface area contributed by atoms with Crippen LogP contribution in [0.3, 0.4) is 0 Å². The molecule has 0 fully saturated rings. The largest absolute Gasteiger partial charge is 0.145 e. The van der Waals surface area contributed by atoms with Crippen LogP contribution < -0.4 is 0 Å². The molecule has 9 heavy (non-hydrogen) atoms. The third-order valence-corrected chi connectivity index (χ3v) is 0.802. The lowest BCUT2D eigenvalue weighted by atomic mass is 10.3. The van der Waals surface area contributed by atoms with E-state index < -0.39 is 0 Å². The van der Waals surface area contributed by atoms with Crippen molar-refractivity contribution in [1.29, 1.82) is 0 Å². The maximum Gasteiger partial charge on any atom is 0.0818 e. The quantitative estimate of drug-likeness (QED) is 0.412. The van der Waals surface area contributed by atoms with E-state index in [0.29, 0.717) is 5.70 Å². The molecule has 0 spiro atoms. The average molecular weight is 125 g/mol. The Morgan fingerprint density at radius 1 is 1.22 bits per heavy atom. The smallest absolute Gasteiger partial charge is 0.0818 e. The molecule has 0 saturated heterocycles. The summed E-state index contributed by atoms with van der Waals surface area (Å²) >= 11 is 0. The van der Waals surface area contributed by atoms with Crippen LogP contribution in [0.25, 0.3) is 0 Å². The Hall–Kier alpha value is -0.920. The average Bonchev–Trinajstić information content (AvgIpc) is 1.83. The van der Waals surface area contributed by atoms with Gasteiger partial charge in [0.2, 0.25) is 0 Å². The van der Waals surface area contributed by atoms with Gasteiger partial charge in [0, 0.05) is 0 Å². The molecule has 0 aliphatic heterocycles. The highest BCUT2D eigenvalue weighted by Crippen LogP contribution is 1.96. The Morgan fingerprint density at radius 2 is 1.78 bits per heavy atom. The highest BCUT2D eigenvalue weighted by Gasteiger charge is 1.79. The van der Waals surface area contributed by atoms with Gasteiger partial charge >= 0.3 is 0 Å². The second-order valence-corrected chi connectivity index (χ2v) is 2.14. The Kier molecular flexibility index (Phi) is 3.60. The van der Waals surface area contributed by atoms with E-state index in [-0.39, 0.29) is 0 Å². The minimum Gasteiger partial charge on any atom is -0.145 e. The van der Waals surface area contributed by atoms with Gasteiger partial charge in [-0.3, -0.25) is 0 Å². The Morgan fingerprint density at radius 3 is 2.11 bits per heavy atom. The maximum absolute atomic E-state index is 9.77. The molecule has 0 aliphatic rings. The summed E-state index contributed by atoms with van der Waals surface area (Å²) in [7, 11) is 0. The van der Waals surface area contributed by atoms with E-state index in [1.807, 2.05) is 19.9 Å². The molecule has 0 aromatic heterocycles. The highest BCUT2D eigenvalue weighted by atomic mass is 16.3. The van der Waals surface area contributed by atoms with Gasteiger partial charge in [-0.1, -0.05) is 11.6 Å². The molecule has 0 aromatic rings. The van der Waals surface area contributed by atoms with Crippen molar-refractivity contribution in [2.45, 2.75) is 20.8 Å². The SMILES string of the molecule is CC(C)=C/C=C(/C)N=O. The molecular weight excluding hydrogens is 114 g/mol. The van der Waals surface area contributed by atoms with Crippen molar-refractivity contribution in [3.63, 3.8) is 0 Å². The predicted octanol–water partition coefficient (Wildman–Crippen LogP) is 2.62. The highest BCUT2D eigenvalue weighted by molar-refractivity contribution is 5.12. The standard InChI is InChI=1S/C7H11NO/c1-6(2)4-5-7(3)8-9/h4-5H,1-3H3/b7-5-. The van der Waals surface area contributed by atoms with E-state index in [0.717, 1.165) is 5.57 Å². The molecule has 0 bridgehead atoms. The van der Waals surface area contributed by atoms with Crippen LogP contribution in [-0.4, -0.2) is 0 Å². The van der Waals surface area contributed by atoms with E-state index in [1.165, 1.54) is 0 Å². The third kappa shape index (κ3) is 4.94. The Balaban J connectivity index is 3.98. The fourth-order valence-corrected chi connectivity index (χ4v) is 0.318. The van der Waals surface area contributed by atoms with Crippen LogP contribution in [0.15, 0.2) is 28.6 Å². The van der Waals surface area contributed by atoms with E-state index in [1.54, 1.807) is 13.0 Å². The molecule has 50 valence electrons. The second-order valence-electron chi connectivity index (χ2n) is 2.14. The number of nitroso groups, excluding NO2 is 1. The summed E-state index contributed by atoms with van der Waals surface area (Å²) in [6, 6.07) is 0. The van der Waals surface area contributed by atoms with Gasteiger partial charge in [-0.15, -0.1) is 4.91 Å². The lowest BCUT2D eigenvalue weighted by Gasteiger charge is -1.82. The molecule has 0 radical (unpaired) electrons. The minimum absolute atomic E-state index is 0.510. The van der Waals surface area contributed by atoms with Crippen molar-refractivity contribution in [3.05, 3.63) is 28.3 Å². The van der Waals surface area contributed by atoms with E-state index in [9.17, 15) is 4.91 Å². The summed E-state index contributed by atoms with van der Waals surface area (Å²) in [6.45, 7) is 5.61. The number of hydrogen-bond donors (Lipinski definition) is 0. The summed E-state index contributed by atoms with van der Waals surface area (Å²) in [5, 5.41) is 2.73. The van der Waals surface area contributed by atoms with Crippen LogP contribution in [0, 0.1) is 4.91 Å². The molecule has 0 atom stereocenters. The Bertz CT molecular complexity index is 152. The topological polar surface area (TPSA) is 29.4 Å². The summed E-state index contributed by atoms with van der Waals surface area (Å²) < 4.78 is 0. The summed E-state index contributed by atoms with van der Waals surface area (Å²) in [5.74, 6) is 0. The van der Waals surface area contributed by atoms with Gasteiger partial charge in [0.15, 0.2) is 0 Å². The lowest BCUT2D eigenvalue weighted by Crippen LogP contribution is -1.64. The molecular formula is C7H11NO.